The van der Waals surface area contributed by atoms with Crippen LogP contribution < -0.4 is 0 Å². The van der Waals surface area contributed by atoms with Gasteiger partial charge in [-0.1, -0.05) is 18.9 Å². The molecule has 0 saturated carbocycles. The van der Waals surface area contributed by atoms with Crippen LogP contribution in [0.15, 0.2) is 18.2 Å². The lowest BCUT2D eigenvalue weighted by Crippen LogP contribution is -2.45. The molecule has 23 heavy (non-hydrogen) atoms. The molecular weight excluding hydrogens is 288 g/mol. The maximum atomic E-state index is 12.8. The van der Waals surface area contributed by atoms with E-state index in [1.165, 1.54) is 18.4 Å². The summed E-state index contributed by atoms with van der Waals surface area (Å²) in [6.07, 6.45) is 4.51. The Morgan fingerprint density at radius 2 is 2.22 bits per heavy atom. The maximum absolute atomic E-state index is 12.8. The normalized spacial score (nSPS) is 19.7. The molecule has 5 nitrogen and oxygen atoms in total. The van der Waals surface area contributed by atoms with Gasteiger partial charge < -0.3 is 9.88 Å². The third-order valence-electron chi connectivity index (χ3n) is 4.76. The standard InChI is InChI=1S/C18H26N4O/c1-13-8-9-14-15(11-13)20-17(19-14)12-22(3)18(23)16-7-5-4-6-10-21(16)2/h8-9,11,16H,4-7,10,12H2,1-3H3,(H,19,20). The van der Waals surface area contributed by atoms with Gasteiger partial charge in [0.2, 0.25) is 5.91 Å². The van der Waals surface area contributed by atoms with Gasteiger partial charge in [0.25, 0.3) is 0 Å². The Hall–Kier alpha value is -1.88. The Bertz CT molecular complexity index is 693. The molecule has 0 bridgehead atoms. The molecule has 124 valence electrons. The number of likely N-dealkylation sites (tertiary alicyclic amines) is 1. The average Bonchev–Trinajstić information content (AvgIpc) is 2.78. The van der Waals surface area contributed by atoms with Crippen LogP contribution in [-0.2, 0) is 11.3 Å². The molecule has 2 heterocycles. The highest BCUT2D eigenvalue weighted by Crippen LogP contribution is 2.18. The van der Waals surface area contributed by atoms with Crippen LogP contribution in [-0.4, -0.2) is 52.4 Å². The average molecular weight is 314 g/mol. The Morgan fingerprint density at radius 1 is 1.39 bits per heavy atom. The summed E-state index contributed by atoms with van der Waals surface area (Å²) in [6.45, 7) is 3.60. The molecule has 2 aromatic rings. The number of nitrogens with one attached hydrogen (secondary N) is 1. The van der Waals surface area contributed by atoms with E-state index in [1.807, 2.05) is 13.1 Å². The minimum Gasteiger partial charge on any atom is -0.340 e. The monoisotopic (exact) mass is 314 g/mol. The van der Waals surface area contributed by atoms with Crippen LogP contribution in [0, 0.1) is 6.92 Å². The molecule has 5 heteroatoms. The van der Waals surface area contributed by atoms with Crippen LogP contribution >= 0.6 is 0 Å². The number of benzene rings is 1. The lowest BCUT2D eigenvalue weighted by Gasteiger charge is -2.28. The van der Waals surface area contributed by atoms with E-state index in [2.05, 4.69) is 41.0 Å². The molecule has 1 saturated heterocycles. The van der Waals surface area contributed by atoms with Crippen molar-refractivity contribution in [3.8, 4) is 0 Å². The molecule has 1 aromatic carbocycles. The quantitative estimate of drug-likeness (QED) is 0.947. The number of carbonyl (C=O) groups is 1. The van der Waals surface area contributed by atoms with Crippen molar-refractivity contribution in [3.05, 3.63) is 29.6 Å². The Balaban J connectivity index is 1.71. The predicted molar refractivity (Wildman–Crippen MR) is 92.2 cm³/mol. The Kier molecular flexibility index (Phi) is 4.66. The van der Waals surface area contributed by atoms with E-state index in [1.54, 1.807) is 4.90 Å². The molecule has 0 aliphatic carbocycles. The smallest absolute Gasteiger partial charge is 0.240 e. The third kappa shape index (κ3) is 3.55. The number of aromatic amines is 1. The topological polar surface area (TPSA) is 52.2 Å². The molecule has 1 atom stereocenters. The minimum atomic E-state index is 0.00845. The number of rotatable bonds is 3. The van der Waals surface area contributed by atoms with Crippen molar-refractivity contribution < 1.29 is 4.79 Å². The largest absolute Gasteiger partial charge is 0.340 e. The predicted octanol–water partition coefficient (Wildman–Crippen LogP) is 2.70. The van der Waals surface area contributed by atoms with Gasteiger partial charge in [-0.15, -0.1) is 0 Å². The Labute approximate surface area is 137 Å². The number of hydrogen-bond acceptors (Lipinski definition) is 3. The summed E-state index contributed by atoms with van der Waals surface area (Å²) in [7, 11) is 3.94. The molecule has 0 radical (unpaired) electrons. The van der Waals surface area contributed by atoms with E-state index in [0.29, 0.717) is 6.54 Å². The summed E-state index contributed by atoms with van der Waals surface area (Å²) in [5.74, 6) is 1.05. The number of fused-ring (bicyclic) bond motifs is 1. The van der Waals surface area contributed by atoms with Gasteiger partial charge in [-0.05, 0) is 51.1 Å². The first-order chi connectivity index (χ1) is 11.0. The number of H-pyrrole nitrogens is 1. The number of amides is 1. The van der Waals surface area contributed by atoms with Crippen molar-refractivity contribution >= 4 is 16.9 Å². The molecule has 1 aliphatic heterocycles. The third-order valence-corrected chi connectivity index (χ3v) is 4.76. The molecule has 1 fully saturated rings. The second-order valence-electron chi connectivity index (χ2n) is 6.74. The molecule has 1 N–H and O–H groups in total. The minimum absolute atomic E-state index is 0.00845. The van der Waals surface area contributed by atoms with E-state index in [4.69, 9.17) is 0 Å². The number of imidazole rings is 1. The second-order valence-corrected chi connectivity index (χ2v) is 6.74. The Morgan fingerprint density at radius 3 is 3.04 bits per heavy atom. The van der Waals surface area contributed by atoms with Crippen LogP contribution in [0.25, 0.3) is 11.0 Å². The van der Waals surface area contributed by atoms with Crippen molar-refractivity contribution in [3.63, 3.8) is 0 Å². The molecule has 1 aromatic heterocycles. The van der Waals surface area contributed by atoms with Gasteiger partial charge in [-0.25, -0.2) is 4.98 Å². The van der Waals surface area contributed by atoms with Gasteiger partial charge in [-0.2, -0.15) is 0 Å². The van der Waals surface area contributed by atoms with Crippen molar-refractivity contribution in [1.82, 2.24) is 19.8 Å². The molecule has 1 unspecified atom stereocenters. The lowest BCUT2D eigenvalue weighted by atomic mass is 10.1. The zero-order valence-corrected chi connectivity index (χ0v) is 14.3. The summed E-state index contributed by atoms with van der Waals surface area (Å²) in [5, 5.41) is 0. The van der Waals surface area contributed by atoms with Crippen LogP contribution in [0.5, 0.6) is 0 Å². The summed E-state index contributed by atoms with van der Waals surface area (Å²) in [5.41, 5.74) is 3.20. The SMILES string of the molecule is Cc1ccc2nc(CN(C)C(=O)C3CCCCCN3C)[nH]c2c1. The first-order valence-electron chi connectivity index (χ1n) is 8.45. The van der Waals surface area contributed by atoms with Crippen LogP contribution in [0.4, 0.5) is 0 Å². The molecule has 3 rings (SSSR count). The van der Waals surface area contributed by atoms with E-state index in [0.717, 1.165) is 36.2 Å². The number of nitrogens with zero attached hydrogens (tertiary/aromatic N) is 3. The van der Waals surface area contributed by atoms with Gasteiger partial charge in [-0.3, -0.25) is 9.69 Å². The van der Waals surface area contributed by atoms with E-state index >= 15 is 0 Å². The van der Waals surface area contributed by atoms with Gasteiger partial charge >= 0.3 is 0 Å². The van der Waals surface area contributed by atoms with Crippen molar-refractivity contribution in [2.45, 2.75) is 45.2 Å². The maximum Gasteiger partial charge on any atom is 0.240 e. The summed E-state index contributed by atoms with van der Waals surface area (Å²) in [6, 6.07) is 6.18. The summed E-state index contributed by atoms with van der Waals surface area (Å²) >= 11 is 0. The fourth-order valence-corrected chi connectivity index (χ4v) is 3.37. The molecule has 1 aliphatic rings. The molecule has 1 amide bonds. The van der Waals surface area contributed by atoms with Crippen molar-refractivity contribution in [1.29, 1.82) is 0 Å². The zero-order valence-electron chi connectivity index (χ0n) is 14.3. The second kappa shape index (κ2) is 6.71. The van der Waals surface area contributed by atoms with E-state index in [-0.39, 0.29) is 11.9 Å². The lowest BCUT2D eigenvalue weighted by molar-refractivity contribution is -0.135. The molecular formula is C18H26N4O. The number of aryl methyl sites for hydroxylation is 1. The van der Waals surface area contributed by atoms with Gasteiger partial charge in [0.15, 0.2) is 0 Å². The number of likely N-dealkylation sites (N-methyl/N-ethyl adjacent to an activating group) is 2. The number of aromatic nitrogens is 2. The van der Waals surface area contributed by atoms with Crippen LogP contribution in [0.2, 0.25) is 0 Å². The zero-order chi connectivity index (χ0) is 16.4. The number of carbonyl (C=O) groups excluding carboxylic acids is 1. The van der Waals surface area contributed by atoms with Gasteiger partial charge in [0.1, 0.15) is 5.82 Å². The van der Waals surface area contributed by atoms with Crippen molar-refractivity contribution in [2.24, 2.45) is 0 Å². The van der Waals surface area contributed by atoms with Crippen LogP contribution in [0.1, 0.15) is 37.1 Å². The number of hydrogen-bond donors (Lipinski definition) is 1. The highest BCUT2D eigenvalue weighted by Gasteiger charge is 2.27. The van der Waals surface area contributed by atoms with E-state index in [9.17, 15) is 4.79 Å². The molecule has 0 spiro atoms. The van der Waals surface area contributed by atoms with E-state index < -0.39 is 0 Å². The van der Waals surface area contributed by atoms with Crippen molar-refractivity contribution in [2.75, 3.05) is 20.6 Å². The van der Waals surface area contributed by atoms with Gasteiger partial charge in [0, 0.05) is 7.05 Å². The first kappa shape index (κ1) is 16.0. The fourth-order valence-electron chi connectivity index (χ4n) is 3.37. The first-order valence-corrected chi connectivity index (χ1v) is 8.45. The summed E-state index contributed by atoms with van der Waals surface area (Å²) < 4.78 is 0. The fraction of sp³-hybridized carbons (Fsp3) is 0.556. The highest BCUT2D eigenvalue weighted by atomic mass is 16.2. The van der Waals surface area contributed by atoms with Crippen LogP contribution in [0.3, 0.4) is 0 Å². The van der Waals surface area contributed by atoms with Gasteiger partial charge in [0.05, 0.1) is 23.6 Å². The summed E-state index contributed by atoms with van der Waals surface area (Å²) in [4.78, 5) is 24.7. The highest BCUT2D eigenvalue weighted by molar-refractivity contribution is 5.82.